The third-order valence-electron chi connectivity index (χ3n) is 6.50. The quantitative estimate of drug-likeness (QED) is 0.847. The lowest BCUT2D eigenvalue weighted by atomic mass is 9.47. The van der Waals surface area contributed by atoms with Crippen LogP contribution in [-0.2, 0) is 4.79 Å². The molecule has 1 saturated heterocycles. The van der Waals surface area contributed by atoms with E-state index in [2.05, 4.69) is 4.90 Å². The fraction of sp³-hybridized carbons (Fsp3) is 0.938. The Hall–Kier alpha value is -0.570. The molecule has 3 heteroatoms. The van der Waals surface area contributed by atoms with Crippen molar-refractivity contribution in [3.8, 4) is 0 Å². The molecule has 0 aromatic rings. The monoisotopic (exact) mass is 262 g/mol. The molecule has 2 N–H and O–H groups in total. The van der Waals surface area contributed by atoms with Crippen LogP contribution < -0.4 is 5.73 Å². The van der Waals surface area contributed by atoms with Gasteiger partial charge in [0, 0.05) is 25.6 Å². The zero-order chi connectivity index (χ0) is 13.0. The zero-order valence-electron chi connectivity index (χ0n) is 11.8. The topological polar surface area (TPSA) is 46.3 Å². The van der Waals surface area contributed by atoms with Gasteiger partial charge in [0.2, 0.25) is 5.91 Å². The molecule has 106 valence electrons. The number of nitrogens with zero attached hydrogens (tertiary/aromatic N) is 1. The molecule has 4 bridgehead atoms. The number of amides is 1. The second kappa shape index (κ2) is 4.21. The van der Waals surface area contributed by atoms with Crippen LogP contribution in [0.1, 0.15) is 51.4 Å². The van der Waals surface area contributed by atoms with Gasteiger partial charge in [-0.1, -0.05) is 0 Å². The second-order valence-electron chi connectivity index (χ2n) is 7.72. The van der Waals surface area contributed by atoms with Gasteiger partial charge < -0.3 is 10.6 Å². The van der Waals surface area contributed by atoms with Crippen LogP contribution in [0.4, 0.5) is 0 Å². The molecule has 19 heavy (non-hydrogen) atoms. The molecule has 3 nitrogen and oxygen atoms in total. The normalized spacial score (nSPS) is 46.1. The van der Waals surface area contributed by atoms with Crippen LogP contribution in [0.3, 0.4) is 0 Å². The first-order chi connectivity index (χ1) is 9.20. The minimum Gasteiger partial charge on any atom is -0.338 e. The van der Waals surface area contributed by atoms with Gasteiger partial charge >= 0.3 is 0 Å². The summed E-state index contributed by atoms with van der Waals surface area (Å²) in [6, 6.07) is 0.343. The molecular formula is C16H26N2O. The predicted molar refractivity (Wildman–Crippen MR) is 74.4 cm³/mol. The van der Waals surface area contributed by atoms with Crippen molar-refractivity contribution >= 4 is 5.91 Å². The molecule has 4 aliphatic carbocycles. The van der Waals surface area contributed by atoms with E-state index in [0.29, 0.717) is 23.9 Å². The van der Waals surface area contributed by atoms with Gasteiger partial charge in [-0.15, -0.1) is 0 Å². The van der Waals surface area contributed by atoms with Crippen LogP contribution in [0.15, 0.2) is 0 Å². The van der Waals surface area contributed by atoms with Crippen molar-refractivity contribution in [2.75, 3.05) is 13.1 Å². The molecule has 1 unspecified atom stereocenters. The Morgan fingerprint density at radius 2 is 1.74 bits per heavy atom. The molecule has 5 fully saturated rings. The summed E-state index contributed by atoms with van der Waals surface area (Å²) < 4.78 is 0. The SMILES string of the molecule is NCC(N1CCCC1=O)C12CC3CC(CC(C3)C1)C2. The van der Waals surface area contributed by atoms with Crippen molar-refractivity contribution in [3.63, 3.8) is 0 Å². The number of carbonyl (C=O) groups is 1. The molecule has 0 aromatic heterocycles. The van der Waals surface area contributed by atoms with Crippen molar-refractivity contribution in [1.82, 2.24) is 4.90 Å². The van der Waals surface area contributed by atoms with Gasteiger partial charge in [0.25, 0.3) is 0 Å². The van der Waals surface area contributed by atoms with Gasteiger partial charge in [-0.25, -0.2) is 0 Å². The highest BCUT2D eigenvalue weighted by Gasteiger charge is 2.55. The number of hydrogen-bond donors (Lipinski definition) is 1. The molecule has 5 rings (SSSR count). The van der Waals surface area contributed by atoms with Gasteiger partial charge in [-0.3, -0.25) is 4.79 Å². The first kappa shape index (κ1) is 12.2. The van der Waals surface area contributed by atoms with Crippen LogP contribution in [0, 0.1) is 23.2 Å². The van der Waals surface area contributed by atoms with Crippen molar-refractivity contribution < 1.29 is 4.79 Å². The van der Waals surface area contributed by atoms with Crippen molar-refractivity contribution in [1.29, 1.82) is 0 Å². The second-order valence-corrected chi connectivity index (χ2v) is 7.72. The molecular weight excluding hydrogens is 236 g/mol. The van der Waals surface area contributed by atoms with Crippen molar-refractivity contribution in [2.45, 2.75) is 57.4 Å². The third-order valence-corrected chi connectivity index (χ3v) is 6.50. The number of rotatable bonds is 3. The largest absolute Gasteiger partial charge is 0.338 e. The van der Waals surface area contributed by atoms with E-state index in [0.717, 1.165) is 37.1 Å². The van der Waals surface area contributed by atoms with Gasteiger partial charge in [0.05, 0.1) is 0 Å². The van der Waals surface area contributed by atoms with Crippen LogP contribution in [0.5, 0.6) is 0 Å². The minimum atomic E-state index is 0.343. The highest BCUT2D eigenvalue weighted by Crippen LogP contribution is 2.62. The van der Waals surface area contributed by atoms with E-state index in [4.69, 9.17) is 5.73 Å². The van der Waals surface area contributed by atoms with E-state index in [1.165, 1.54) is 38.5 Å². The summed E-state index contributed by atoms with van der Waals surface area (Å²) in [7, 11) is 0. The summed E-state index contributed by atoms with van der Waals surface area (Å²) >= 11 is 0. The maximum atomic E-state index is 12.1. The van der Waals surface area contributed by atoms with Crippen molar-refractivity contribution in [2.24, 2.45) is 28.9 Å². The summed E-state index contributed by atoms with van der Waals surface area (Å²) in [5.74, 6) is 3.19. The Bertz CT molecular complexity index is 357. The average molecular weight is 262 g/mol. The van der Waals surface area contributed by atoms with E-state index >= 15 is 0 Å². The van der Waals surface area contributed by atoms with Crippen LogP contribution in [-0.4, -0.2) is 29.9 Å². The lowest BCUT2D eigenvalue weighted by molar-refractivity contribution is -0.140. The Morgan fingerprint density at radius 1 is 1.16 bits per heavy atom. The summed E-state index contributed by atoms with van der Waals surface area (Å²) in [5.41, 5.74) is 6.53. The Balaban J connectivity index is 1.64. The predicted octanol–water partition coefficient (Wildman–Crippen LogP) is 2.15. The third kappa shape index (κ3) is 1.77. The molecule has 1 amide bonds. The maximum Gasteiger partial charge on any atom is 0.222 e. The number of carbonyl (C=O) groups excluding carboxylic acids is 1. The van der Waals surface area contributed by atoms with E-state index < -0.39 is 0 Å². The van der Waals surface area contributed by atoms with Crippen molar-refractivity contribution in [3.05, 3.63) is 0 Å². The van der Waals surface area contributed by atoms with E-state index in [9.17, 15) is 4.79 Å². The number of likely N-dealkylation sites (tertiary alicyclic amines) is 1. The summed E-state index contributed by atoms with van der Waals surface area (Å²) in [6.07, 6.45) is 10.2. The highest BCUT2D eigenvalue weighted by atomic mass is 16.2. The molecule has 1 aliphatic heterocycles. The van der Waals surface area contributed by atoms with E-state index in [1.807, 2.05) is 0 Å². The molecule has 0 radical (unpaired) electrons. The molecule has 1 atom stereocenters. The summed E-state index contributed by atoms with van der Waals surface area (Å²) in [6.45, 7) is 1.64. The maximum absolute atomic E-state index is 12.1. The summed E-state index contributed by atoms with van der Waals surface area (Å²) in [5, 5.41) is 0. The Morgan fingerprint density at radius 3 is 2.16 bits per heavy atom. The van der Waals surface area contributed by atoms with Gasteiger partial charge in [0.1, 0.15) is 0 Å². The average Bonchev–Trinajstić information content (AvgIpc) is 2.74. The number of nitrogens with two attached hydrogens (primary N) is 1. The Kier molecular flexibility index (Phi) is 2.70. The first-order valence-corrected chi connectivity index (χ1v) is 8.20. The molecule has 0 aromatic carbocycles. The molecule has 4 saturated carbocycles. The fourth-order valence-electron chi connectivity index (χ4n) is 6.29. The van der Waals surface area contributed by atoms with E-state index in [-0.39, 0.29) is 0 Å². The fourth-order valence-corrected chi connectivity index (χ4v) is 6.29. The molecule has 5 aliphatic rings. The van der Waals surface area contributed by atoms with Gasteiger partial charge in [0.15, 0.2) is 0 Å². The zero-order valence-corrected chi connectivity index (χ0v) is 11.8. The molecule has 1 heterocycles. The first-order valence-electron chi connectivity index (χ1n) is 8.20. The summed E-state index contributed by atoms with van der Waals surface area (Å²) in [4.78, 5) is 14.3. The Labute approximate surface area is 115 Å². The van der Waals surface area contributed by atoms with Gasteiger partial charge in [-0.05, 0) is 68.1 Å². The lowest BCUT2D eigenvalue weighted by Gasteiger charge is -2.60. The minimum absolute atomic E-state index is 0.343. The van der Waals surface area contributed by atoms with Crippen LogP contribution >= 0.6 is 0 Å². The highest BCUT2D eigenvalue weighted by molar-refractivity contribution is 5.78. The van der Waals surface area contributed by atoms with Crippen LogP contribution in [0.25, 0.3) is 0 Å². The van der Waals surface area contributed by atoms with Crippen LogP contribution in [0.2, 0.25) is 0 Å². The van der Waals surface area contributed by atoms with Gasteiger partial charge in [-0.2, -0.15) is 0 Å². The molecule has 0 spiro atoms. The lowest BCUT2D eigenvalue weighted by Crippen LogP contribution is -2.59. The van der Waals surface area contributed by atoms with E-state index in [1.54, 1.807) is 0 Å². The number of hydrogen-bond acceptors (Lipinski definition) is 2. The smallest absolute Gasteiger partial charge is 0.222 e. The standard InChI is InChI=1S/C16H26N2O/c17-10-14(18-3-1-2-15(18)19)16-7-11-4-12(8-16)6-13(5-11)9-16/h11-14H,1-10,17H2.